The van der Waals surface area contributed by atoms with Crippen molar-refractivity contribution in [2.45, 2.75) is 25.8 Å². The predicted octanol–water partition coefficient (Wildman–Crippen LogP) is 2.66. The molecule has 28 heavy (non-hydrogen) atoms. The van der Waals surface area contributed by atoms with Gasteiger partial charge in [0.05, 0.1) is 6.20 Å². The second-order valence-electron chi connectivity index (χ2n) is 7.40. The Kier molecular flexibility index (Phi) is 5.25. The van der Waals surface area contributed by atoms with Crippen LogP contribution in [0.1, 0.15) is 30.1 Å². The van der Waals surface area contributed by atoms with Gasteiger partial charge in [-0.15, -0.1) is 0 Å². The number of pyridine rings is 1. The zero-order chi connectivity index (χ0) is 19.5. The number of hydrogen-bond acceptors (Lipinski definition) is 5. The summed E-state index contributed by atoms with van der Waals surface area (Å²) >= 11 is 0. The van der Waals surface area contributed by atoms with E-state index in [0.29, 0.717) is 28.8 Å². The van der Waals surface area contributed by atoms with Crippen molar-refractivity contribution >= 4 is 17.6 Å². The van der Waals surface area contributed by atoms with E-state index in [1.54, 1.807) is 42.6 Å². The molecule has 0 spiro atoms. The molecule has 3 aliphatic rings. The zero-order valence-corrected chi connectivity index (χ0v) is 15.9. The van der Waals surface area contributed by atoms with Gasteiger partial charge in [-0.05, 0) is 68.2 Å². The maximum absolute atomic E-state index is 12.6. The van der Waals surface area contributed by atoms with Gasteiger partial charge in [-0.2, -0.15) is 0 Å². The van der Waals surface area contributed by atoms with E-state index in [4.69, 9.17) is 4.74 Å². The lowest BCUT2D eigenvalue weighted by Crippen LogP contribution is -2.57. The Morgan fingerprint density at radius 3 is 2.36 bits per heavy atom. The molecular formula is C21H24N4O3. The number of aromatic nitrogens is 1. The van der Waals surface area contributed by atoms with Crippen molar-refractivity contribution in [3.8, 4) is 11.5 Å². The molecule has 0 aliphatic carbocycles. The third kappa shape index (κ3) is 4.31. The highest BCUT2D eigenvalue weighted by Gasteiger charge is 2.34. The molecule has 2 bridgehead atoms. The van der Waals surface area contributed by atoms with Gasteiger partial charge in [0.15, 0.2) is 0 Å². The summed E-state index contributed by atoms with van der Waals surface area (Å²) in [5.74, 6) is 2.04. The summed E-state index contributed by atoms with van der Waals surface area (Å²) in [5.41, 5.74) is 0.628. The lowest BCUT2D eigenvalue weighted by Gasteiger charge is -2.44. The molecule has 1 aromatic carbocycles. The molecule has 7 heteroatoms. The number of nitrogens with zero attached hydrogens (tertiary/aromatic N) is 2. The van der Waals surface area contributed by atoms with Crippen molar-refractivity contribution in [3.05, 3.63) is 48.2 Å². The maximum Gasteiger partial charge on any atom is 0.251 e. The van der Waals surface area contributed by atoms with Gasteiger partial charge in [-0.1, -0.05) is 0 Å². The molecule has 4 heterocycles. The molecule has 2 N–H and O–H groups in total. The average Bonchev–Trinajstić information content (AvgIpc) is 2.70. The minimum Gasteiger partial charge on any atom is -0.456 e. The van der Waals surface area contributed by atoms with Crippen LogP contribution in [-0.4, -0.2) is 47.4 Å². The molecule has 0 saturated carbocycles. The van der Waals surface area contributed by atoms with Crippen LogP contribution in [0, 0.1) is 5.92 Å². The van der Waals surface area contributed by atoms with Crippen LogP contribution in [0.4, 0.5) is 5.82 Å². The summed E-state index contributed by atoms with van der Waals surface area (Å²) in [4.78, 5) is 30.1. The Labute approximate surface area is 164 Å². The third-order valence-corrected chi connectivity index (χ3v) is 5.37. The SMILES string of the molecule is CC(=O)Nc1ccc(Oc2ccc(C(=O)N[C@H]3CN4CCC3CC4)cc2)cn1. The van der Waals surface area contributed by atoms with Gasteiger partial charge in [-0.3, -0.25) is 9.59 Å². The van der Waals surface area contributed by atoms with Gasteiger partial charge in [0.1, 0.15) is 17.3 Å². The van der Waals surface area contributed by atoms with Crippen LogP contribution in [-0.2, 0) is 4.79 Å². The molecule has 0 radical (unpaired) electrons. The highest BCUT2D eigenvalue weighted by Crippen LogP contribution is 2.28. The van der Waals surface area contributed by atoms with Crippen LogP contribution in [0.3, 0.4) is 0 Å². The molecule has 1 atom stereocenters. The molecule has 0 unspecified atom stereocenters. The molecule has 7 nitrogen and oxygen atoms in total. The van der Waals surface area contributed by atoms with Gasteiger partial charge in [-0.25, -0.2) is 4.98 Å². The normalized spacial score (nSPS) is 23.1. The van der Waals surface area contributed by atoms with Crippen molar-refractivity contribution in [2.75, 3.05) is 25.0 Å². The first-order valence-corrected chi connectivity index (χ1v) is 9.61. The molecule has 3 fully saturated rings. The van der Waals surface area contributed by atoms with Crippen molar-refractivity contribution in [1.29, 1.82) is 0 Å². The van der Waals surface area contributed by atoms with E-state index in [9.17, 15) is 9.59 Å². The molecule has 5 rings (SSSR count). The van der Waals surface area contributed by atoms with E-state index in [0.717, 1.165) is 19.6 Å². The zero-order valence-electron chi connectivity index (χ0n) is 15.9. The van der Waals surface area contributed by atoms with Crippen LogP contribution in [0.25, 0.3) is 0 Å². The van der Waals surface area contributed by atoms with E-state index in [-0.39, 0.29) is 17.9 Å². The Morgan fingerprint density at radius 2 is 1.79 bits per heavy atom. The monoisotopic (exact) mass is 380 g/mol. The molecule has 1 aromatic heterocycles. The first kappa shape index (κ1) is 18.4. The van der Waals surface area contributed by atoms with Gasteiger partial charge < -0.3 is 20.3 Å². The van der Waals surface area contributed by atoms with Gasteiger partial charge in [0, 0.05) is 25.1 Å². The van der Waals surface area contributed by atoms with E-state index in [2.05, 4.69) is 20.5 Å². The van der Waals surface area contributed by atoms with Crippen molar-refractivity contribution in [2.24, 2.45) is 5.92 Å². The second kappa shape index (κ2) is 7.98. The minimum atomic E-state index is -0.173. The largest absolute Gasteiger partial charge is 0.456 e. The van der Waals surface area contributed by atoms with E-state index in [1.165, 1.54) is 19.8 Å². The molecule has 146 valence electrons. The fraction of sp³-hybridized carbons (Fsp3) is 0.381. The number of piperidine rings is 3. The summed E-state index contributed by atoms with van der Waals surface area (Å²) in [6.45, 7) is 4.70. The maximum atomic E-state index is 12.6. The Balaban J connectivity index is 1.34. The minimum absolute atomic E-state index is 0.0355. The lowest BCUT2D eigenvalue weighted by molar-refractivity contribution is -0.114. The van der Waals surface area contributed by atoms with Crippen molar-refractivity contribution in [3.63, 3.8) is 0 Å². The van der Waals surface area contributed by atoms with Gasteiger partial charge in [0.25, 0.3) is 5.91 Å². The van der Waals surface area contributed by atoms with Crippen LogP contribution >= 0.6 is 0 Å². The van der Waals surface area contributed by atoms with Crippen LogP contribution in [0.15, 0.2) is 42.6 Å². The van der Waals surface area contributed by atoms with Crippen LogP contribution in [0.2, 0.25) is 0 Å². The number of nitrogens with one attached hydrogen (secondary N) is 2. The number of ether oxygens (including phenoxy) is 1. The Bertz CT molecular complexity index is 843. The summed E-state index contributed by atoms with van der Waals surface area (Å²) < 4.78 is 5.75. The topological polar surface area (TPSA) is 83.6 Å². The summed E-state index contributed by atoms with van der Waals surface area (Å²) in [6.07, 6.45) is 3.89. The first-order valence-electron chi connectivity index (χ1n) is 9.61. The standard InChI is InChI=1S/C21H24N4O3/c1-14(26)23-20-7-6-18(12-22-20)28-17-4-2-16(3-5-17)21(27)24-19-13-25-10-8-15(19)9-11-25/h2-7,12,15,19H,8-11,13H2,1H3,(H,24,27)(H,22,23,26)/t19-/m0/s1. The number of fused-ring (bicyclic) bond motifs is 3. The Hall–Kier alpha value is -2.93. The van der Waals surface area contributed by atoms with Crippen LogP contribution in [0.5, 0.6) is 11.5 Å². The molecule has 3 aliphatic heterocycles. The summed E-state index contributed by atoms with van der Waals surface area (Å²) in [5, 5.41) is 5.80. The first-order chi connectivity index (χ1) is 13.6. The van der Waals surface area contributed by atoms with Crippen molar-refractivity contribution in [1.82, 2.24) is 15.2 Å². The Morgan fingerprint density at radius 1 is 1.07 bits per heavy atom. The number of hydrogen-bond donors (Lipinski definition) is 2. The number of benzene rings is 1. The average molecular weight is 380 g/mol. The fourth-order valence-corrected chi connectivity index (χ4v) is 3.89. The molecule has 2 amide bonds. The highest BCUT2D eigenvalue weighted by atomic mass is 16.5. The third-order valence-electron chi connectivity index (χ3n) is 5.37. The number of rotatable bonds is 5. The number of carbonyl (C=O) groups excluding carboxylic acids is 2. The molecular weight excluding hydrogens is 356 g/mol. The summed E-state index contributed by atoms with van der Waals surface area (Å²) in [7, 11) is 0. The van der Waals surface area contributed by atoms with E-state index in [1.807, 2.05) is 0 Å². The smallest absolute Gasteiger partial charge is 0.251 e. The summed E-state index contributed by atoms with van der Waals surface area (Å²) in [6, 6.07) is 10.7. The van der Waals surface area contributed by atoms with E-state index < -0.39 is 0 Å². The number of anilines is 1. The van der Waals surface area contributed by atoms with Crippen LogP contribution < -0.4 is 15.4 Å². The van der Waals surface area contributed by atoms with Gasteiger partial charge in [0.2, 0.25) is 5.91 Å². The second-order valence-corrected chi connectivity index (χ2v) is 7.40. The predicted molar refractivity (Wildman–Crippen MR) is 105 cm³/mol. The number of carbonyl (C=O) groups is 2. The molecule has 3 saturated heterocycles. The lowest BCUT2D eigenvalue weighted by atomic mass is 9.84. The highest BCUT2D eigenvalue weighted by molar-refractivity contribution is 5.94. The van der Waals surface area contributed by atoms with E-state index >= 15 is 0 Å². The number of amides is 2. The van der Waals surface area contributed by atoms with Gasteiger partial charge >= 0.3 is 0 Å². The fourth-order valence-electron chi connectivity index (χ4n) is 3.89. The quantitative estimate of drug-likeness (QED) is 0.833. The molecule has 2 aromatic rings. The van der Waals surface area contributed by atoms with Crippen molar-refractivity contribution < 1.29 is 14.3 Å².